The van der Waals surface area contributed by atoms with E-state index in [1.807, 2.05) is 7.05 Å². The molecule has 2 aliphatic rings. The molecule has 4 nitrogen and oxygen atoms in total. The molecule has 19 heavy (non-hydrogen) atoms. The Morgan fingerprint density at radius 1 is 1.26 bits per heavy atom. The van der Waals surface area contributed by atoms with Crippen LogP contribution >= 0.6 is 0 Å². The van der Waals surface area contributed by atoms with Crippen molar-refractivity contribution in [3.8, 4) is 0 Å². The predicted molar refractivity (Wildman–Crippen MR) is 74.0 cm³/mol. The van der Waals surface area contributed by atoms with Gasteiger partial charge in [-0.1, -0.05) is 19.3 Å². The molecule has 1 saturated carbocycles. The number of carbonyl (C=O) groups is 1. The Morgan fingerprint density at radius 3 is 2.58 bits per heavy atom. The van der Waals surface area contributed by atoms with E-state index in [-0.39, 0.29) is 11.5 Å². The zero-order valence-corrected chi connectivity index (χ0v) is 12.1. The molecule has 0 unspecified atom stereocenters. The van der Waals surface area contributed by atoms with E-state index < -0.39 is 0 Å². The van der Waals surface area contributed by atoms with Crippen LogP contribution in [0.1, 0.15) is 51.4 Å². The van der Waals surface area contributed by atoms with Crippen LogP contribution in [0.3, 0.4) is 0 Å². The lowest BCUT2D eigenvalue weighted by Gasteiger charge is -2.36. The van der Waals surface area contributed by atoms with Gasteiger partial charge in [-0.05, 0) is 38.6 Å². The van der Waals surface area contributed by atoms with Crippen LogP contribution in [0.25, 0.3) is 0 Å². The molecule has 110 valence electrons. The largest absolute Gasteiger partial charge is 0.465 e. The van der Waals surface area contributed by atoms with Gasteiger partial charge in [0.15, 0.2) is 0 Å². The second-order valence-electron chi connectivity index (χ2n) is 6.01. The van der Waals surface area contributed by atoms with Gasteiger partial charge in [-0.3, -0.25) is 4.79 Å². The van der Waals surface area contributed by atoms with Crippen LogP contribution in [0.5, 0.6) is 0 Å². The quantitative estimate of drug-likeness (QED) is 0.778. The van der Waals surface area contributed by atoms with Gasteiger partial charge in [0.2, 0.25) is 0 Å². The lowest BCUT2D eigenvalue weighted by Crippen LogP contribution is -2.46. The average Bonchev–Trinajstić information content (AvgIpc) is 2.47. The molecular formula is C15H27NO3. The van der Waals surface area contributed by atoms with Gasteiger partial charge in [0, 0.05) is 18.8 Å². The molecule has 2 rings (SSSR count). The summed E-state index contributed by atoms with van der Waals surface area (Å²) < 4.78 is 10.8. The molecule has 0 radical (unpaired) electrons. The molecule has 1 aliphatic heterocycles. The van der Waals surface area contributed by atoms with Crippen molar-refractivity contribution in [2.24, 2.45) is 5.92 Å². The summed E-state index contributed by atoms with van der Waals surface area (Å²) in [6, 6.07) is 0. The maximum Gasteiger partial charge on any atom is 0.307 e. The summed E-state index contributed by atoms with van der Waals surface area (Å²) in [6.45, 7) is 2.19. The van der Waals surface area contributed by atoms with Gasteiger partial charge in [-0.15, -0.1) is 0 Å². The number of esters is 1. The van der Waals surface area contributed by atoms with E-state index in [9.17, 15) is 4.79 Å². The van der Waals surface area contributed by atoms with Crippen LogP contribution in [0.15, 0.2) is 0 Å². The number of carbonyl (C=O) groups excluding carboxylic acids is 1. The minimum atomic E-state index is -0.0391. The molecule has 1 N–H and O–H groups in total. The number of hydrogen-bond donors (Lipinski definition) is 1. The van der Waals surface area contributed by atoms with Crippen molar-refractivity contribution >= 4 is 5.97 Å². The maximum atomic E-state index is 12.0. The van der Waals surface area contributed by atoms with Crippen LogP contribution in [0.2, 0.25) is 0 Å². The molecule has 0 atom stereocenters. The molecule has 4 heteroatoms. The minimum Gasteiger partial charge on any atom is -0.465 e. The van der Waals surface area contributed by atoms with Gasteiger partial charge in [-0.2, -0.15) is 0 Å². The molecule has 1 heterocycles. The standard InChI is InChI=1S/C15H27NO3/c1-16-15(7-3-2-4-8-15)11-14(17)19-12-13-5-9-18-10-6-13/h13,16H,2-12H2,1H3. The van der Waals surface area contributed by atoms with Crippen molar-refractivity contribution in [1.82, 2.24) is 5.32 Å². The van der Waals surface area contributed by atoms with Crippen LogP contribution in [-0.2, 0) is 14.3 Å². The predicted octanol–water partition coefficient (Wildman–Crippen LogP) is 2.27. The zero-order chi connectivity index (χ0) is 13.6. The van der Waals surface area contributed by atoms with Crippen LogP contribution in [0, 0.1) is 5.92 Å². The first-order chi connectivity index (χ1) is 9.24. The fourth-order valence-corrected chi connectivity index (χ4v) is 3.19. The molecule has 0 aromatic carbocycles. The van der Waals surface area contributed by atoms with E-state index in [2.05, 4.69) is 5.32 Å². The minimum absolute atomic E-state index is 0.00892. The smallest absolute Gasteiger partial charge is 0.307 e. The highest BCUT2D eigenvalue weighted by molar-refractivity contribution is 5.71. The van der Waals surface area contributed by atoms with Gasteiger partial charge in [0.05, 0.1) is 13.0 Å². The number of hydrogen-bond acceptors (Lipinski definition) is 4. The molecule has 0 bridgehead atoms. The van der Waals surface area contributed by atoms with Crippen molar-refractivity contribution in [1.29, 1.82) is 0 Å². The summed E-state index contributed by atoms with van der Waals surface area (Å²) in [5.74, 6) is 0.456. The highest BCUT2D eigenvalue weighted by Crippen LogP contribution is 2.31. The van der Waals surface area contributed by atoms with E-state index in [4.69, 9.17) is 9.47 Å². The second-order valence-corrected chi connectivity index (χ2v) is 6.01. The number of nitrogens with one attached hydrogen (secondary N) is 1. The Labute approximate surface area is 116 Å². The Balaban J connectivity index is 1.72. The van der Waals surface area contributed by atoms with Gasteiger partial charge >= 0.3 is 5.97 Å². The van der Waals surface area contributed by atoms with Gasteiger partial charge in [0.25, 0.3) is 0 Å². The summed E-state index contributed by atoms with van der Waals surface area (Å²) in [5, 5.41) is 3.37. The molecule has 0 spiro atoms. The van der Waals surface area contributed by atoms with Crippen molar-refractivity contribution in [2.45, 2.75) is 56.9 Å². The third-order valence-electron chi connectivity index (χ3n) is 4.64. The summed E-state index contributed by atoms with van der Waals surface area (Å²) in [5.41, 5.74) is -0.00892. The Kier molecular flexibility index (Phi) is 5.64. The summed E-state index contributed by atoms with van der Waals surface area (Å²) in [7, 11) is 1.97. The van der Waals surface area contributed by atoms with Gasteiger partial charge in [0.1, 0.15) is 0 Å². The maximum absolute atomic E-state index is 12.0. The van der Waals surface area contributed by atoms with E-state index in [0.717, 1.165) is 38.9 Å². The van der Waals surface area contributed by atoms with E-state index in [0.29, 0.717) is 18.9 Å². The van der Waals surface area contributed by atoms with Gasteiger partial charge in [-0.25, -0.2) is 0 Å². The molecule has 1 saturated heterocycles. The lowest BCUT2D eigenvalue weighted by atomic mass is 9.79. The van der Waals surface area contributed by atoms with Crippen LogP contribution in [-0.4, -0.2) is 38.4 Å². The highest BCUT2D eigenvalue weighted by Gasteiger charge is 2.33. The fraction of sp³-hybridized carbons (Fsp3) is 0.933. The zero-order valence-electron chi connectivity index (χ0n) is 12.1. The summed E-state index contributed by atoms with van der Waals surface area (Å²) in [6.07, 6.45) is 8.47. The van der Waals surface area contributed by atoms with Crippen molar-refractivity contribution in [3.05, 3.63) is 0 Å². The third kappa shape index (κ3) is 4.46. The van der Waals surface area contributed by atoms with E-state index in [1.54, 1.807) is 0 Å². The first-order valence-corrected chi connectivity index (χ1v) is 7.66. The first kappa shape index (κ1) is 14.8. The van der Waals surface area contributed by atoms with E-state index in [1.165, 1.54) is 19.3 Å². The van der Waals surface area contributed by atoms with Gasteiger partial charge < -0.3 is 14.8 Å². The second kappa shape index (κ2) is 7.25. The summed E-state index contributed by atoms with van der Waals surface area (Å²) in [4.78, 5) is 12.0. The van der Waals surface area contributed by atoms with Crippen molar-refractivity contribution in [2.75, 3.05) is 26.9 Å². The summed E-state index contributed by atoms with van der Waals surface area (Å²) >= 11 is 0. The first-order valence-electron chi connectivity index (χ1n) is 7.66. The van der Waals surface area contributed by atoms with Crippen LogP contribution in [0.4, 0.5) is 0 Å². The lowest BCUT2D eigenvalue weighted by molar-refractivity contribution is -0.148. The Hall–Kier alpha value is -0.610. The third-order valence-corrected chi connectivity index (χ3v) is 4.64. The molecule has 2 fully saturated rings. The molecule has 0 amide bonds. The van der Waals surface area contributed by atoms with Crippen molar-refractivity contribution < 1.29 is 14.3 Å². The van der Waals surface area contributed by atoms with Crippen LogP contribution < -0.4 is 5.32 Å². The highest BCUT2D eigenvalue weighted by atomic mass is 16.5. The molecule has 0 aromatic heterocycles. The van der Waals surface area contributed by atoms with E-state index >= 15 is 0 Å². The fourth-order valence-electron chi connectivity index (χ4n) is 3.19. The number of rotatable bonds is 5. The Morgan fingerprint density at radius 2 is 1.95 bits per heavy atom. The normalized spacial score (nSPS) is 24.1. The molecule has 1 aliphatic carbocycles. The Bertz CT molecular complexity index is 281. The van der Waals surface area contributed by atoms with Crippen molar-refractivity contribution in [3.63, 3.8) is 0 Å². The molecule has 0 aromatic rings. The molecular weight excluding hydrogens is 242 g/mol. The SMILES string of the molecule is CNC1(CC(=O)OCC2CCOCC2)CCCCC1. The number of ether oxygens (including phenoxy) is 2. The monoisotopic (exact) mass is 269 g/mol. The average molecular weight is 269 g/mol. The topological polar surface area (TPSA) is 47.6 Å².